The third-order valence-corrected chi connectivity index (χ3v) is 3.27. The number of hydrogen-bond donors (Lipinski definition) is 0. The predicted molar refractivity (Wildman–Crippen MR) is 61.7 cm³/mol. The van der Waals surface area contributed by atoms with E-state index < -0.39 is 0 Å². The van der Waals surface area contributed by atoms with Gasteiger partial charge < -0.3 is 4.65 Å². The van der Waals surface area contributed by atoms with Crippen molar-refractivity contribution in [2.24, 2.45) is 0 Å². The molecule has 0 amide bonds. The van der Waals surface area contributed by atoms with Crippen LogP contribution in [0.5, 0.6) is 5.75 Å². The van der Waals surface area contributed by atoms with Crippen LogP contribution in [0.4, 0.5) is 0 Å². The highest BCUT2D eigenvalue weighted by Gasteiger charge is 2.17. The molecule has 0 aliphatic heterocycles. The summed E-state index contributed by atoms with van der Waals surface area (Å²) in [5, 5.41) is 0. The van der Waals surface area contributed by atoms with Crippen LogP contribution in [-0.2, 0) is 6.42 Å². The lowest BCUT2D eigenvalue weighted by atomic mass is 9.83. The Balaban J connectivity index is 2.48. The first kappa shape index (κ1) is 9.63. The lowest BCUT2D eigenvalue weighted by molar-refractivity contribution is 0.574. The minimum Gasteiger partial charge on any atom is -0.568 e. The molecule has 74 valence electrons. The molecule has 0 aromatic heterocycles. The lowest BCUT2D eigenvalue weighted by Gasteiger charge is -2.23. The van der Waals surface area contributed by atoms with Gasteiger partial charge in [-0.15, -0.1) is 0 Å². The predicted octanol–water partition coefficient (Wildman–Crippen LogP) is 2.36. The molecule has 1 atom stereocenters. The van der Waals surface area contributed by atoms with Crippen LogP contribution in [0.2, 0.25) is 0 Å². The molecule has 1 aromatic carbocycles. The monoisotopic (exact) mass is 188 g/mol. The molecule has 2 rings (SSSR count). The van der Waals surface area contributed by atoms with Crippen molar-refractivity contribution in [1.82, 2.24) is 0 Å². The van der Waals surface area contributed by atoms with Gasteiger partial charge in [0.1, 0.15) is 5.75 Å². The van der Waals surface area contributed by atoms with Gasteiger partial charge in [0.2, 0.25) is 0 Å². The third kappa shape index (κ3) is 1.54. The van der Waals surface area contributed by atoms with E-state index in [-0.39, 0.29) is 0 Å². The lowest BCUT2D eigenvalue weighted by Crippen LogP contribution is -2.08. The fourth-order valence-electron chi connectivity index (χ4n) is 2.40. The van der Waals surface area contributed by atoms with Gasteiger partial charge in [-0.3, -0.25) is 0 Å². The maximum absolute atomic E-state index is 5.35. The van der Waals surface area contributed by atoms with E-state index in [0.717, 1.165) is 11.7 Å². The topological polar surface area (TPSA) is 9.23 Å². The number of aryl methyl sites for hydroxylation is 2. The summed E-state index contributed by atoms with van der Waals surface area (Å²) in [4.78, 5) is 0. The summed E-state index contributed by atoms with van der Waals surface area (Å²) >= 11 is 0. The zero-order valence-electron chi connectivity index (χ0n) is 9.26. The Morgan fingerprint density at radius 2 is 2.21 bits per heavy atom. The van der Waals surface area contributed by atoms with Crippen molar-refractivity contribution in [2.75, 3.05) is 0 Å². The Hall–Kier alpha value is -0.915. The van der Waals surface area contributed by atoms with Crippen molar-refractivity contribution in [3.63, 3.8) is 0 Å². The highest BCUT2D eigenvalue weighted by atomic mass is 16.4. The van der Waals surface area contributed by atoms with Crippen LogP contribution < -0.4 is 4.65 Å². The molecule has 0 heterocycles. The van der Waals surface area contributed by atoms with Gasteiger partial charge in [-0.1, -0.05) is 13.0 Å². The molecule has 1 unspecified atom stereocenters. The fourth-order valence-corrected chi connectivity index (χ4v) is 2.40. The van der Waals surface area contributed by atoms with E-state index in [1.165, 1.54) is 36.0 Å². The average Bonchev–Trinajstić information content (AvgIpc) is 2.19. The van der Waals surface area contributed by atoms with E-state index in [2.05, 4.69) is 26.0 Å². The second-order valence-electron chi connectivity index (χ2n) is 4.31. The van der Waals surface area contributed by atoms with Crippen LogP contribution in [0.3, 0.4) is 0 Å². The van der Waals surface area contributed by atoms with E-state index in [4.69, 9.17) is 4.65 Å². The molecule has 0 radical (unpaired) electrons. The molecule has 0 spiro atoms. The van der Waals surface area contributed by atoms with E-state index >= 15 is 0 Å². The Kier molecular flexibility index (Phi) is 2.53. The first-order valence-electron chi connectivity index (χ1n) is 5.39. The van der Waals surface area contributed by atoms with Gasteiger partial charge in [0.25, 0.3) is 0 Å². The van der Waals surface area contributed by atoms with Gasteiger partial charge >= 0.3 is 8.05 Å². The second kappa shape index (κ2) is 3.68. The number of rotatable bonds is 1. The maximum Gasteiger partial charge on any atom is 0.322 e. The molecule has 1 aromatic rings. The van der Waals surface area contributed by atoms with E-state index in [1.54, 1.807) is 8.05 Å². The molecule has 0 bridgehead atoms. The molecule has 1 aliphatic rings. The summed E-state index contributed by atoms with van der Waals surface area (Å²) in [5.41, 5.74) is 4.29. The van der Waals surface area contributed by atoms with Crippen LogP contribution >= 0.6 is 0 Å². The quantitative estimate of drug-likeness (QED) is 0.614. The van der Waals surface area contributed by atoms with Crippen LogP contribution in [0.25, 0.3) is 0 Å². The van der Waals surface area contributed by atoms with Gasteiger partial charge in [-0.05, 0) is 54.9 Å². The Morgan fingerprint density at radius 1 is 1.43 bits per heavy atom. The summed E-state index contributed by atoms with van der Waals surface area (Å²) in [5.74, 6) is 1.77. The molecule has 0 saturated carbocycles. The molecule has 0 saturated heterocycles. The van der Waals surface area contributed by atoms with Gasteiger partial charge in [0.15, 0.2) is 0 Å². The van der Waals surface area contributed by atoms with Gasteiger partial charge in [0.05, 0.1) is 0 Å². The second-order valence-corrected chi connectivity index (χ2v) is 4.31. The maximum atomic E-state index is 5.35. The van der Waals surface area contributed by atoms with Crippen molar-refractivity contribution in [3.05, 3.63) is 28.8 Å². The smallest absolute Gasteiger partial charge is 0.322 e. The average molecular weight is 188 g/mol. The highest BCUT2D eigenvalue weighted by Crippen LogP contribution is 2.34. The number of benzene rings is 1. The Labute approximate surface area is 86.9 Å². The van der Waals surface area contributed by atoms with Crippen LogP contribution in [0, 0.1) is 6.92 Å². The van der Waals surface area contributed by atoms with Gasteiger partial charge in [0, 0.05) is 0 Å². The summed E-state index contributed by atoms with van der Waals surface area (Å²) in [7, 11) is 1.75. The Bertz CT molecular complexity index is 346. The largest absolute Gasteiger partial charge is 0.568 e. The Morgan fingerprint density at radius 3 is 2.93 bits per heavy atom. The van der Waals surface area contributed by atoms with Crippen molar-refractivity contribution < 1.29 is 4.65 Å². The zero-order chi connectivity index (χ0) is 10.1. The third-order valence-electron chi connectivity index (χ3n) is 3.27. The van der Waals surface area contributed by atoms with Gasteiger partial charge in [-0.25, -0.2) is 0 Å². The van der Waals surface area contributed by atoms with Crippen molar-refractivity contribution in [3.8, 4) is 5.75 Å². The first-order valence-corrected chi connectivity index (χ1v) is 5.39. The molecule has 14 heavy (non-hydrogen) atoms. The summed E-state index contributed by atoms with van der Waals surface area (Å²) in [6.07, 6.45) is 3.87. The normalized spacial score (nSPS) is 20.3. The molecule has 1 nitrogen and oxygen atoms in total. The zero-order valence-corrected chi connectivity index (χ0v) is 9.26. The van der Waals surface area contributed by atoms with Gasteiger partial charge in [-0.2, -0.15) is 0 Å². The van der Waals surface area contributed by atoms with Crippen molar-refractivity contribution >= 4 is 8.05 Å². The van der Waals surface area contributed by atoms with E-state index in [0.29, 0.717) is 0 Å². The summed E-state index contributed by atoms with van der Waals surface area (Å²) in [6, 6.07) is 4.53. The highest BCUT2D eigenvalue weighted by molar-refractivity contribution is 6.00. The molecule has 0 N–H and O–H groups in total. The minimum absolute atomic E-state index is 0.725. The molecule has 0 fully saturated rings. The van der Waals surface area contributed by atoms with Crippen LogP contribution in [0.1, 0.15) is 42.4 Å². The summed E-state index contributed by atoms with van der Waals surface area (Å²) in [6.45, 7) is 4.45. The molecule has 2 heteroatoms. The van der Waals surface area contributed by atoms with E-state index in [9.17, 15) is 0 Å². The van der Waals surface area contributed by atoms with Crippen molar-refractivity contribution in [2.45, 2.75) is 39.0 Å². The van der Waals surface area contributed by atoms with Crippen LogP contribution in [-0.4, -0.2) is 8.05 Å². The SMILES string of the molecule is BOc1cc2c(cc1C)C(C)CCC2. The first-order chi connectivity index (χ1) is 6.72. The van der Waals surface area contributed by atoms with Crippen LogP contribution in [0.15, 0.2) is 12.1 Å². The number of fused-ring (bicyclic) bond motifs is 1. The minimum atomic E-state index is 0.725. The molecular weight excluding hydrogens is 171 g/mol. The number of hydrogen-bond acceptors (Lipinski definition) is 1. The van der Waals surface area contributed by atoms with E-state index in [1.807, 2.05) is 0 Å². The fraction of sp³-hybridized carbons (Fsp3) is 0.500. The molecular formula is C12H17BO. The summed E-state index contributed by atoms with van der Waals surface area (Å²) < 4.78 is 5.35. The van der Waals surface area contributed by atoms with Crippen molar-refractivity contribution in [1.29, 1.82) is 0 Å². The standard InChI is InChI=1S/C12H17BO/c1-8-4-3-5-10-7-12(14-13)9(2)6-11(8)10/h6-8H,3-5,13H2,1-2H3. The molecule has 1 aliphatic carbocycles.